The molecule has 0 saturated heterocycles. The van der Waals surface area contributed by atoms with Crippen LogP contribution < -0.4 is 14.9 Å². The molecule has 0 bridgehead atoms. The maximum absolute atomic E-state index is 12.4. The number of para-hydroxylation sites is 1. The van der Waals surface area contributed by atoms with Crippen molar-refractivity contribution in [1.29, 1.82) is 0 Å². The number of hydrogen-bond donors (Lipinski definition) is 1. The first kappa shape index (κ1) is 21.6. The highest BCUT2D eigenvalue weighted by Crippen LogP contribution is 2.31. The van der Waals surface area contributed by atoms with E-state index >= 15 is 0 Å². The van der Waals surface area contributed by atoms with Crippen molar-refractivity contribution in [2.75, 3.05) is 20.8 Å². The number of ether oxygens (including phenoxy) is 3. The summed E-state index contributed by atoms with van der Waals surface area (Å²) in [5, 5.41) is 4.26. The lowest BCUT2D eigenvalue weighted by atomic mass is 10.0. The number of carbonyl (C=O) groups is 2. The van der Waals surface area contributed by atoms with Crippen LogP contribution in [0.1, 0.15) is 21.5 Å². The topological polar surface area (TPSA) is 86.2 Å². The second kappa shape index (κ2) is 10.6. The van der Waals surface area contributed by atoms with Crippen molar-refractivity contribution < 1.29 is 23.8 Å². The van der Waals surface area contributed by atoms with Crippen LogP contribution in [-0.2, 0) is 9.53 Å². The van der Waals surface area contributed by atoms with E-state index in [1.807, 2.05) is 60.7 Å². The van der Waals surface area contributed by atoms with Crippen molar-refractivity contribution in [3.05, 3.63) is 95.6 Å². The molecule has 0 atom stereocenters. The minimum atomic E-state index is -0.707. The maximum atomic E-state index is 12.4. The number of hydrogen-bond acceptors (Lipinski definition) is 6. The van der Waals surface area contributed by atoms with Crippen LogP contribution in [0.25, 0.3) is 0 Å². The van der Waals surface area contributed by atoms with Crippen molar-refractivity contribution in [3.63, 3.8) is 0 Å². The summed E-state index contributed by atoms with van der Waals surface area (Å²) in [5.74, 6) is -0.647. The Labute approximate surface area is 180 Å². The third-order valence-electron chi connectivity index (χ3n) is 4.34. The molecule has 3 aromatic carbocycles. The van der Waals surface area contributed by atoms with Crippen LogP contribution in [0.15, 0.2) is 84.0 Å². The minimum Gasteiger partial charge on any atom is -0.493 e. The number of methoxy groups -OCH3 is 2. The van der Waals surface area contributed by atoms with Gasteiger partial charge in [0, 0.05) is 11.1 Å². The summed E-state index contributed by atoms with van der Waals surface area (Å²) >= 11 is 0. The fourth-order valence-electron chi connectivity index (χ4n) is 2.90. The average Bonchev–Trinajstić information content (AvgIpc) is 2.83. The predicted molar refractivity (Wildman–Crippen MR) is 116 cm³/mol. The zero-order valence-electron chi connectivity index (χ0n) is 17.2. The summed E-state index contributed by atoms with van der Waals surface area (Å²) in [5.41, 5.74) is 4.89. The van der Waals surface area contributed by atoms with Gasteiger partial charge in [-0.25, -0.2) is 10.2 Å². The van der Waals surface area contributed by atoms with Gasteiger partial charge in [-0.2, -0.15) is 5.10 Å². The molecule has 31 heavy (non-hydrogen) atoms. The molecule has 0 aliphatic carbocycles. The largest absolute Gasteiger partial charge is 0.493 e. The molecule has 0 aliphatic rings. The second-order valence-electron chi connectivity index (χ2n) is 6.34. The Balaban J connectivity index is 1.70. The Morgan fingerprint density at radius 3 is 1.97 bits per heavy atom. The van der Waals surface area contributed by atoms with E-state index in [2.05, 4.69) is 10.5 Å². The zero-order chi connectivity index (χ0) is 22.1. The molecule has 3 rings (SSSR count). The van der Waals surface area contributed by atoms with Gasteiger partial charge in [-0.1, -0.05) is 66.7 Å². The maximum Gasteiger partial charge on any atom is 0.342 e. The molecule has 0 fully saturated rings. The summed E-state index contributed by atoms with van der Waals surface area (Å²) in [4.78, 5) is 24.7. The highest BCUT2D eigenvalue weighted by Gasteiger charge is 2.18. The number of esters is 1. The summed E-state index contributed by atoms with van der Waals surface area (Å²) in [7, 11) is 2.89. The van der Waals surface area contributed by atoms with Crippen LogP contribution in [0.4, 0.5) is 0 Å². The molecular formula is C24H22N2O5. The second-order valence-corrected chi connectivity index (χ2v) is 6.34. The van der Waals surface area contributed by atoms with Crippen molar-refractivity contribution >= 4 is 17.6 Å². The van der Waals surface area contributed by atoms with Crippen LogP contribution in [0.2, 0.25) is 0 Å². The molecule has 7 nitrogen and oxygen atoms in total. The molecule has 1 amide bonds. The van der Waals surface area contributed by atoms with E-state index in [4.69, 9.17) is 14.2 Å². The van der Waals surface area contributed by atoms with Gasteiger partial charge in [-0.3, -0.25) is 4.79 Å². The lowest BCUT2D eigenvalue weighted by molar-refractivity contribution is -0.124. The quantitative estimate of drug-likeness (QED) is 0.344. The van der Waals surface area contributed by atoms with E-state index in [0.717, 1.165) is 11.1 Å². The summed E-state index contributed by atoms with van der Waals surface area (Å²) in [6, 6.07) is 23.8. The van der Waals surface area contributed by atoms with Crippen LogP contribution in [0, 0.1) is 0 Å². The monoisotopic (exact) mass is 418 g/mol. The number of rotatable bonds is 8. The van der Waals surface area contributed by atoms with E-state index in [1.165, 1.54) is 20.3 Å². The van der Waals surface area contributed by atoms with Crippen LogP contribution in [-0.4, -0.2) is 38.4 Å². The van der Waals surface area contributed by atoms with Gasteiger partial charge in [0.15, 0.2) is 18.1 Å². The van der Waals surface area contributed by atoms with Crippen molar-refractivity contribution in [1.82, 2.24) is 5.43 Å². The molecule has 7 heteroatoms. The first-order valence-corrected chi connectivity index (χ1v) is 9.49. The summed E-state index contributed by atoms with van der Waals surface area (Å²) in [6.45, 7) is -0.500. The Hall–Kier alpha value is -4.13. The van der Waals surface area contributed by atoms with E-state index < -0.39 is 18.5 Å². The first-order chi connectivity index (χ1) is 15.1. The molecule has 1 N–H and O–H groups in total. The molecule has 0 unspecified atom stereocenters. The lowest BCUT2D eigenvalue weighted by Gasteiger charge is -2.12. The third kappa shape index (κ3) is 5.48. The van der Waals surface area contributed by atoms with Gasteiger partial charge in [0.25, 0.3) is 5.91 Å². The molecule has 0 radical (unpaired) electrons. The highest BCUT2D eigenvalue weighted by atomic mass is 16.5. The van der Waals surface area contributed by atoms with Gasteiger partial charge in [0.05, 0.1) is 19.9 Å². The lowest BCUT2D eigenvalue weighted by Crippen LogP contribution is -2.26. The van der Waals surface area contributed by atoms with Gasteiger partial charge in [-0.05, 0) is 12.1 Å². The highest BCUT2D eigenvalue weighted by molar-refractivity contribution is 6.13. The fraction of sp³-hybridized carbons (Fsp3) is 0.125. The standard InChI is InChI=1S/C24H22N2O5/c1-29-20-15-9-14-19(23(20)30-2)24(28)31-16-21(27)25-26-22(17-10-5-3-6-11-17)18-12-7-4-8-13-18/h3-15H,16H2,1-2H3,(H,25,27). The van der Waals surface area contributed by atoms with Crippen LogP contribution >= 0.6 is 0 Å². The molecular weight excluding hydrogens is 396 g/mol. The van der Waals surface area contributed by atoms with Gasteiger partial charge < -0.3 is 14.2 Å². The minimum absolute atomic E-state index is 0.160. The SMILES string of the molecule is COc1cccc(C(=O)OCC(=O)NN=C(c2ccccc2)c2ccccc2)c1OC. The molecule has 0 saturated carbocycles. The van der Waals surface area contributed by atoms with Crippen molar-refractivity contribution in [2.24, 2.45) is 5.10 Å². The van der Waals surface area contributed by atoms with Gasteiger partial charge >= 0.3 is 5.97 Å². The fourth-order valence-corrected chi connectivity index (χ4v) is 2.90. The van der Waals surface area contributed by atoms with E-state index in [1.54, 1.807) is 12.1 Å². The third-order valence-corrected chi connectivity index (χ3v) is 4.34. The van der Waals surface area contributed by atoms with Crippen molar-refractivity contribution in [3.8, 4) is 11.5 Å². The van der Waals surface area contributed by atoms with Crippen molar-refractivity contribution in [2.45, 2.75) is 0 Å². The Bertz CT molecular complexity index is 1020. The number of carbonyl (C=O) groups excluding carboxylic acids is 2. The molecule has 158 valence electrons. The van der Waals surface area contributed by atoms with E-state index in [0.29, 0.717) is 11.5 Å². The number of amides is 1. The predicted octanol–water partition coefficient (Wildman–Crippen LogP) is 3.43. The average molecular weight is 418 g/mol. The van der Waals surface area contributed by atoms with E-state index in [-0.39, 0.29) is 11.3 Å². The number of benzene rings is 3. The Morgan fingerprint density at radius 2 is 1.42 bits per heavy atom. The Kier molecular flexibility index (Phi) is 7.37. The molecule has 0 aliphatic heterocycles. The van der Waals surface area contributed by atoms with Gasteiger partial charge in [-0.15, -0.1) is 0 Å². The molecule has 0 aromatic heterocycles. The van der Waals surface area contributed by atoms with Gasteiger partial charge in [0.1, 0.15) is 5.56 Å². The Morgan fingerprint density at radius 1 is 0.806 bits per heavy atom. The molecule has 0 spiro atoms. The molecule has 3 aromatic rings. The smallest absolute Gasteiger partial charge is 0.342 e. The van der Waals surface area contributed by atoms with Crippen LogP contribution in [0.3, 0.4) is 0 Å². The van der Waals surface area contributed by atoms with Gasteiger partial charge in [0.2, 0.25) is 0 Å². The van der Waals surface area contributed by atoms with Crippen LogP contribution in [0.5, 0.6) is 11.5 Å². The normalized spacial score (nSPS) is 10.0. The number of nitrogens with one attached hydrogen (secondary N) is 1. The molecule has 0 heterocycles. The summed E-state index contributed by atoms with van der Waals surface area (Å²) in [6.07, 6.45) is 0. The number of hydrazone groups is 1. The zero-order valence-corrected chi connectivity index (χ0v) is 17.2. The summed E-state index contributed by atoms with van der Waals surface area (Å²) < 4.78 is 15.5. The first-order valence-electron chi connectivity index (χ1n) is 9.49. The number of nitrogens with zero attached hydrogens (tertiary/aromatic N) is 1. The van der Waals surface area contributed by atoms with E-state index in [9.17, 15) is 9.59 Å².